The third-order valence-electron chi connectivity index (χ3n) is 4.38. The summed E-state index contributed by atoms with van der Waals surface area (Å²) >= 11 is 0. The predicted octanol–water partition coefficient (Wildman–Crippen LogP) is 2.28. The van der Waals surface area contributed by atoms with Gasteiger partial charge in [-0.25, -0.2) is 14.8 Å². The molecule has 130 valence electrons. The van der Waals surface area contributed by atoms with Gasteiger partial charge in [0.05, 0.1) is 13.7 Å². The quantitative estimate of drug-likeness (QED) is 0.917. The monoisotopic (exact) mass is 341 g/mol. The minimum atomic E-state index is -1.11. The first kappa shape index (κ1) is 16.9. The Labute approximate surface area is 145 Å². The predicted molar refractivity (Wildman–Crippen MR) is 91.0 cm³/mol. The third-order valence-corrected chi connectivity index (χ3v) is 4.38. The average Bonchev–Trinajstić information content (AvgIpc) is 2.57. The highest BCUT2D eigenvalue weighted by Crippen LogP contribution is 2.32. The van der Waals surface area contributed by atoms with Crippen molar-refractivity contribution < 1.29 is 19.4 Å². The number of anilines is 1. The maximum Gasteiger partial charge on any atom is 0.354 e. The van der Waals surface area contributed by atoms with E-state index >= 15 is 0 Å². The Balaban J connectivity index is 2.07. The molecule has 7 nitrogen and oxygen atoms in total. The van der Waals surface area contributed by atoms with Gasteiger partial charge < -0.3 is 9.84 Å². The number of carboxylic acid groups (broad SMARTS) is 1. The number of carboxylic acids is 1. The lowest BCUT2D eigenvalue weighted by atomic mass is 10.00. The molecule has 1 aliphatic heterocycles. The summed E-state index contributed by atoms with van der Waals surface area (Å²) in [5.74, 6) is -0.141. The molecule has 0 spiro atoms. The Morgan fingerprint density at radius 2 is 2.04 bits per heavy atom. The summed E-state index contributed by atoms with van der Waals surface area (Å²) in [7, 11) is 1.59. The molecule has 1 amide bonds. The topological polar surface area (TPSA) is 92.6 Å². The Morgan fingerprint density at radius 1 is 1.28 bits per heavy atom. The van der Waals surface area contributed by atoms with Crippen molar-refractivity contribution in [2.24, 2.45) is 0 Å². The van der Waals surface area contributed by atoms with Crippen molar-refractivity contribution in [1.29, 1.82) is 0 Å². The van der Waals surface area contributed by atoms with Crippen molar-refractivity contribution in [3.8, 4) is 5.75 Å². The zero-order valence-electron chi connectivity index (χ0n) is 14.4. The molecule has 0 saturated heterocycles. The molecule has 1 aromatic carbocycles. The van der Waals surface area contributed by atoms with Crippen LogP contribution in [-0.4, -0.2) is 34.1 Å². The van der Waals surface area contributed by atoms with Crippen LogP contribution in [-0.2, 0) is 17.8 Å². The van der Waals surface area contributed by atoms with Crippen LogP contribution < -0.4 is 9.64 Å². The summed E-state index contributed by atoms with van der Waals surface area (Å²) in [5, 5.41) is 9.33. The van der Waals surface area contributed by atoms with Gasteiger partial charge in [-0.2, -0.15) is 0 Å². The average molecular weight is 341 g/mol. The number of rotatable bonds is 4. The van der Waals surface area contributed by atoms with Crippen molar-refractivity contribution in [2.45, 2.75) is 33.2 Å². The highest BCUT2D eigenvalue weighted by molar-refractivity contribution is 5.98. The molecule has 1 aromatic heterocycles. The van der Waals surface area contributed by atoms with E-state index in [1.807, 2.05) is 26.0 Å². The van der Waals surface area contributed by atoms with Crippen molar-refractivity contribution in [1.82, 2.24) is 9.97 Å². The van der Waals surface area contributed by atoms with Gasteiger partial charge in [0.15, 0.2) is 5.69 Å². The largest absolute Gasteiger partial charge is 0.496 e. The van der Waals surface area contributed by atoms with E-state index in [1.54, 1.807) is 7.11 Å². The van der Waals surface area contributed by atoms with E-state index in [2.05, 4.69) is 9.97 Å². The van der Waals surface area contributed by atoms with Gasteiger partial charge in [0.2, 0.25) is 5.91 Å². The number of carbonyl (C=O) groups is 2. The van der Waals surface area contributed by atoms with Crippen molar-refractivity contribution in [3.63, 3.8) is 0 Å². The number of carbonyl (C=O) groups excluding carboxylic acids is 1. The van der Waals surface area contributed by atoms with E-state index in [-0.39, 0.29) is 24.6 Å². The van der Waals surface area contributed by atoms with Crippen LogP contribution in [0.25, 0.3) is 0 Å². The van der Waals surface area contributed by atoms with Gasteiger partial charge in [-0.15, -0.1) is 0 Å². The summed E-state index contributed by atoms with van der Waals surface area (Å²) in [6, 6.07) is 3.94. The van der Waals surface area contributed by atoms with E-state index < -0.39 is 5.97 Å². The lowest BCUT2D eigenvalue weighted by molar-refractivity contribution is -0.119. The molecule has 0 unspecified atom stereocenters. The van der Waals surface area contributed by atoms with Gasteiger partial charge in [-0.3, -0.25) is 9.69 Å². The van der Waals surface area contributed by atoms with Gasteiger partial charge in [-0.05, 0) is 37.5 Å². The van der Waals surface area contributed by atoms with Crippen LogP contribution in [0.3, 0.4) is 0 Å². The molecule has 25 heavy (non-hydrogen) atoms. The van der Waals surface area contributed by atoms with Crippen molar-refractivity contribution >= 4 is 17.7 Å². The second-order valence-corrected chi connectivity index (χ2v) is 6.07. The Bertz CT molecular complexity index is 864. The molecule has 2 heterocycles. The second-order valence-electron chi connectivity index (χ2n) is 6.07. The number of ether oxygens (including phenoxy) is 1. The number of aromatic carboxylic acids is 1. The maximum absolute atomic E-state index is 12.5. The van der Waals surface area contributed by atoms with Gasteiger partial charge in [0.25, 0.3) is 0 Å². The van der Waals surface area contributed by atoms with Crippen LogP contribution in [0.4, 0.5) is 5.82 Å². The van der Waals surface area contributed by atoms with Crippen LogP contribution in [0.5, 0.6) is 5.75 Å². The Morgan fingerprint density at radius 3 is 2.72 bits per heavy atom. The normalized spacial score (nSPS) is 13.6. The van der Waals surface area contributed by atoms with Gasteiger partial charge >= 0.3 is 5.97 Å². The minimum absolute atomic E-state index is 0.0462. The first-order valence-corrected chi connectivity index (χ1v) is 7.94. The molecule has 0 saturated carbocycles. The van der Waals surface area contributed by atoms with E-state index in [1.165, 1.54) is 11.2 Å². The van der Waals surface area contributed by atoms with Crippen LogP contribution in [0.2, 0.25) is 0 Å². The number of aryl methyl sites for hydroxylation is 2. The lowest BCUT2D eigenvalue weighted by Gasteiger charge is -2.29. The molecule has 0 fully saturated rings. The standard InChI is InChI=1S/C18H19N3O4/c1-10-6-11(2)13(14(7-10)25-3)8-21-15(22)5-4-12-16(18(23)24)19-9-20-17(12)21/h6-7,9H,4-5,8H2,1-3H3,(H,23,24). The number of fused-ring (bicyclic) bond motifs is 1. The SMILES string of the molecule is COc1cc(C)cc(C)c1CN1C(=O)CCc2c(C(=O)O)ncnc21. The molecule has 2 aromatic rings. The summed E-state index contributed by atoms with van der Waals surface area (Å²) in [5.41, 5.74) is 3.40. The highest BCUT2D eigenvalue weighted by atomic mass is 16.5. The molecule has 0 bridgehead atoms. The Kier molecular flexibility index (Phi) is 4.39. The van der Waals surface area contributed by atoms with Gasteiger partial charge in [-0.1, -0.05) is 6.07 Å². The number of hydrogen-bond donors (Lipinski definition) is 1. The van der Waals surface area contributed by atoms with E-state index in [4.69, 9.17) is 4.74 Å². The zero-order chi connectivity index (χ0) is 18.1. The van der Waals surface area contributed by atoms with Crippen LogP contribution in [0.15, 0.2) is 18.5 Å². The molecular weight excluding hydrogens is 322 g/mol. The van der Waals surface area contributed by atoms with E-state index in [0.29, 0.717) is 23.6 Å². The number of nitrogens with zero attached hydrogens (tertiary/aromatic N) is 3. The number of hydrogen-bond acceptors (Lipinski definition) is 5. The maximum atomic E-state index is 12.5. The second kappa shape index (κ2) is 6.51. The molecule has 1 N–H and O–H groups in total. The molecule has 0 atom stereocenters. The summed E-state index contributed by atoms with van der Waals surface area (Å²) in [6.45, 7) is 4.22. The fourth-order valence-electron chi connectivity index (χ4n) is 3.20. The molecule has 1 aliphatic rings. The van der Waals surface area contributed by atoms with Gasteiger partial charge in [0, 0.05) is 17.5 Å². The zero-order valence-corrected chi connectivity index (χ0v) is 14.4. The lowest BCUT2D eigenvalue weighted by Crippen LogP contribution is -2.36. The first-order chi connectivity index (χ1) is 11.9. The third kappa shape index (κ3) is 3.05. The van der Waals surface area contributed by atoms with E-state index in [0.717, 1.165) is 16.7 Å². The summed E-state index contributed by atoms with van der Waals surface area (Å²) < 4.78 is 5.47. The molecule has 0 radical (unpaired) electrons. The number of benzene rings is 1. The van der Waals surface area contributed by atoms with Crippen molar-refractivity contribution in [3.05, 3.63) is 46.4 Å². The van der Waals surface area contributed by atoms with Crippen LogP contribution in [0.1, 0.15) is 39.2 Å². The number of aromatic nitrogens is 2. The molecule has 7 heteroatoms. The minimum Gasteiger partial charge on any atom is -0.496 e. The van der Waals surface area contributed by atoms with E-state index in [9.17, 15) is 14.7 Å². The fourth-order valence-corrected chi connectivity index (χ4v) is 3.20. The number of methoxy groups -OCH3 is 1. The highest BCUT2D eigenvalue weighted by Gasteiger charge is 2.30. The fraction of sp³-hybridized carbons (Fsp3) is 0.333. The van der Waals surface area contributed by atoms with Gasteiger partial charge in [0.1, 0.15) is 17.9 Å². The first-order valence-electron chi connectivity index (χ1n) is 7.94. The number of amides is 1. The summed E-state index contributed by atoms with van der Waals surface area (Å²) in [6.07, 6.45) is 1.75. The Hall–Kier alpha value is -2.96. The van der Waals surface area contributed by atoms with Crippen LogP contribution in [0, 0.1) is 13.8 Å². The van der Waals surface area contributed by atoms with Crippen LogP contribution >= 0.6 is 0 Å². The smallest absolute Gasteiger partial charge is 0.354 e. The molecule has 3 rings (SSSR count). The molecular formula is C18H19N3O4. The molecule has 0 aliphatic carbocycles. The van der Waals surface area contributed by atoms with Crippen molar-refractivity contribution in [2.75, 3.05) is 12.0 Å². The summed E-state index contributed by atoms with van der Waals surface area (Å²) in [4.78, 5) is 33.4.